The van der Waals surface area contributed by atoms with Crippen molar-refractivity contribution in [1.82, 2.24) is 4.31 Å². The van der Waals surface area contributed by atoms with Crippen molar-refractivity contribution < 1.29 is 13.5 Å². The Labute approximate surface area is 115 Å². The molecule has 1 aliphatic rings. The molecule has 0 aliphatic heterocycles. The van der Waals surface area contributed by atoms with Crippen LogP contribution in [0.4, 0.5) is 0 Å². The van der Waals surface area contributed by atoms with Crippen LogP contribution >= 0.6 is 0 Å². The maximum absolute atomic E-state index is 12.4. The Kier molecular flexibility index (Phi) is 4.28. The molecular weight excluding hydrogens is 262 g/mol. The third-order valence-electron chi connectivity index (χ3n) is 3.81. The second-order valence-electron chi connectivity index (χ2n) is 5.33. The molecule has 1 atom stereocenters. The van der Waals surface area contributed by atoms with Gasteiger partial charge in [0, 0.05) is 13.6 Å². The highest BCUT2D eigenvalue weighted by molar-refractivity contribution is 7.89. The lowest BCUT2D eigenvalue weighted by atomic mass is 9.86. The van der Waals surface area contributed by atoms with Crippen molar-refractivity contribution in [3.05, 3.63) is 29.8 Å². The summed E-state index contributed by atoms with van der Waals surface area (Å²) in [6.07, 6.45) is 2.88. The largest absolute Gasteiger partial charge is 0.389 e. The van der Waals surface area contributed by atoms with E-state index in [0.29, 0.717) is 17.4 Å². The lowest BCUT2D eigenvalue weighted by Crippen LogP contribution is -2.34. The second kappa shape index (κ2) is 5.61. The summed E-state index contributed by atoms with van der Waals surface area (Å²) in [5, 5.41) is 9.43. The molecule has 0 bridgehead atoms. The second-order valence-corrected chi connectivity index (χ2v) is 7.37. The highest BCUT2D eigenvalue weighted by atomic mass is 32.2. The summed E-state index contributed by atoms with van der Waals surface area (Å²) in [6.45, 7) is 2.26. The number of aliphatic hydroxyl groups excluding tert-OH is 1. The highest BCUT2D eigenvalue weighted by Gasteiger charge is 2.26. The van der Waals surface area contributed by atoms with E-state index in [4.69, 9.17) is 0 Å². The minimum absolute atomic E-state index is 0.290. The van der Waals surface area contributed by atoms with Crippen LogP contribution in [-0.2, 0) is 10.0 Å². The van der Waals surface area contributed by atoms with E-state index in [1.807, 2.05) is 0 Å². The smallest absolute Gasteiger partial charge is 0.242 e. The van der Waals surface area contributed by atoms with E-state index in [0.717, 1.165) is 18.4 Å². The summed E-state index contributed by atoms with van der Waals surface area (Å²) in [6, 6.07) is 6.45. The summed E-state index contributed by atoms with van der Waals surface area (Å²) in [5.41, 5.74) is 0.723. The lowest BCUT2D eigenvalue weighted by Gasteiger charge is -2.29. The van der Waals surface area contributed by atoms with E-state index >= 15 is 0 Å². The zero-order valence-electron chi connectivity index (χ0n) is 11.4. The molecule has 0 heterocycles. The molecule has 4 nitrogen and oxygen atoms in total. The van der Waals surface area contributed by atoms with Crippen LogP contribution in [0, 0.1) is 5.92 Å². The zero-order valence-corrected chi connectivity index (χ0v) is 12.2. The molecule has 1 saturated carbocycles. The van der Waals surface area contributed by atoms with Gasteiger partial charge in [0.1, 0.15) is 0 Å². The number of hydrogen-bond acceptors (Lipinski definition) is 3. The molecule has 0 aromatic heterocycles. The molecule has 1 aromatic carbocycles. The Morgan fingerprint density at radius 2 is 1.89 bits per heavy atom. The van der Waals surface area contributed by atoms with Gasteiger partial charge in [-0.05, 0) is 43.4 Å². The average Bonchev–Trinajstić information content (AvgIpc) is 2.33. The fourth-order valence-electron chi connectivity index (χ4n) is 2.24. The van der Waals surface area contributed by atoms with Crippen LogP contribution in [0.25, 0.3) is 0 Å². The molecule has 0 saturated heterocycles. The van der Waals surface area contributed by atoms with Crippen molar-refractivity contribution in [1.29, 1.82) is 0 Å². The number of rotatable bonds is 5. The summed E-state index contributed by atoms with van der Waals surface area (Å²) >= 11 is 0. The van der Waals surface area contributed by atoms with Crippen molar-refractivity contribution in [2.24, 2.45) is 5.92 Å². The molecule has 1 aliphatic carbocycles. The molecule has 1 fully saturated rings. The SMILES string of the molecule is CC(O)c1ccc(S(=O)(=O)N(C)CC2CCC2)cc1. The fourth-order valence-corrected chi connectivity index (χ4v) is 3.48. The Morgan fingerprint density at radius 3 is 2.32 bits per heavy atom. The van der Waals surface area contributed by atoms with Gasteiger partial charge in [-0.3, -0.25) is 0 Å². The lowest BCUT2D eigenvalue weighted by molar-refractivity contribution is 0.199. The van der Waals surface area contributed by atoms with Gasteiger partial charge in [0.05, 0.1) is 11.0 Å². The van der Waals surface area contributed by atoms with Gasteiger partial charge >= 0.3 is 0 Å². The normalized spacial score (nSPS) is 18.3. The van der Waals surface area contributed by atoms with Crippen molar-refractivity contribution in [2.45, 2.75) is 37.2 Å². The van der Waals surface area contributed by atoms with Crippen LogP contribution in [0.3, 0.4) is 0 Å². The van der Waals surface area contributed by atoms with Crippen LogP contribution in [0.1, 0.15) is 37.9 Å². The van der Waals surface area contributed by atoms with Gasteiger partial charge in [0.15, 0.2) is 0 Å². The maximum Gasteiger partial charge on any atom is 0.242 e. The molecular formula is C14H21NO3S. The minimum atomic E-state index is -3.40. The van der Waals surface area contributed by atoms with Gasteiger partial charge in [-0.1, -0.05) is 18.6 Å². The number of benzene rings is 1. The van der Waals surface area contributed by atoms with Gasteiger partial charge in [-0.2, -0.15) is 0 Å². The first-order chi connectivity index (χ1) is 8.91. The van der Waals surface area contributed by atoms with Gasteiger partial charge < -0.3 is 5.11 Å². The number of sulfonamides is 1. The fraction of sp³-hybridized carbons (Fsp3) is 0.571. The quantitative estimate of drug-likeness (QED) is 0.901. The first-order valence-electron chi connectivity index (χ1n) is 6.65. The predicted octanol–water partition coefficient (Wildman–Crippen LogP) is 2.16. The van der Waals surface area contributed by atoms with E-state index in [1.54, 1.807) is 38.2 Å². The summed E-state index contributed by atoms with van der Waals surface area (Å²) in [7, 11) is -1.77. The monoisotopic (exact) mass is 283 g/mol. The van der Waals surface area contributed by atoms with Gasteiger partial charge in [0.2, 0.25) is 10.0 Å². The summed E-state index contributed by atoms with van der Waals surface area (Å²) in [5.74, 6) is 0.511. The molecule has 0 amide bonds. The Morgan fingerprint density at radius 1 is 1.32 bits per heavy atom. The molecule has 0 spiro atoms. The Hall–Kier alpha value is -0.910. The molecule has 106 valence electrons. The number of aliphatic hydroxyl groups is 1. The molecule has 2 rings (SSSR count). The van der Waals surface area contributed by atoms with Gasteiger partial charge in [-0.25, -0.2) is 12.7 Å². The molecule has 0 radical (unpaired) electrons. The van der Waals surface area contributed by atoms with Crippen LogP contribution < -0.4 is 0 Å². The first kappa shape index (κ1) is 14.5. The van der Waals surface area contributed by atoms with E-state index in [1.165, 1.54) is 10.7 Å². The molecule has 1 aromatic rings. The molecule has 1 unspecified atom stereocenters. The van der Waals surface area contributed by atoms with Crippen LogP contribution in [0.15, 0.2) is 29.2 Å². The van der Waals surface area contributed by atoms with E-state index in [9.17, 15) is 13.5 Å². The van der Waals surface area contributed by atoms with Crippen molar-refractivity contribution >= 4 is 10.0 Å². The van der Waals surface area contributed by atoms with Crippen molar-refractivity contribution in [3.8, 4) is 0 Å². The van der Waals surface area contributed by atoms with Crippen LogP contribution in [-0.4, -0.2) is 31.4 Å². The Balaban J connectivity index is 2.13. The summed E-state index contributed by atoms with van der Waals surface area (Å²) in [4.78, 5) is 0.290. The number of hydrogen-bond donors (Lipinski definition) is 1. The van der Waals surface area contributed by atoms with E-state index < -0.39 is 16.1 Å². The van der Waals surface area contributed by atoms with E-state index in [-0.39, 0.29) is 0 Å². The van der Waals surface area contributed by atoms with Gasteiger partial charge in [0.25, 0.3) is 0 Å². The van der Waals surface area contributed by atoms with E-state index in [2.05, 4.69) is 0 Å². The van der Waals surface area contributed by atoms with Crippen LogP contribution in [0.5, 0.6) is 0 Å². The molecule has 1 N–H and O–H groups in total. The average molecular weight is 283 g/mol. The highest BCUT2D eigenvalue weighted by Crippen LogP contribution is 2.28. The predicted molar refractivity (Wildman–Crippen MR) is 74.2 cm³/mol. The third kappa shape index (κ3) is 3.16. The Bertz CT molecular complexity index is 518. The minimum Gasteiger partial charge on any atom is -0.389 e. The van der Waals surface area contributed by atoms with Gasteiger partial charge in [-0.15, -0.1) is 0 Å². The molecule has 5 heteroatoms. The molecule has 19 heavy (non-hydrogen) atoms. The zero-order chi connectivity index (χ0) is 14.0. The van der Waals surface area contributed by atoms with Crippen molar-refractivity contribution in [3.63, 3.8) is 0 Å². The number of nitrogens with zero attached hydrogens (tertiary/aromatic N) is 1. The van der Waals surface area contributed by atoms with Crippen LogP contribution in [0.2, 0.25) is 0 Å². The standard InChI is InChI=1S/C14H21NO3S/c1-11(16)13-6-8-14(9-7-13)19(17,18)15(2)10-12-4-3-5-12/h6-9,11-12,16H,3-5,10H2,1-2H3. The topological polar surface area (TPSA) is 57.6 Å². The third-order valence-corrected chi connectivity index (χ3v) is 5.65. The first-order valence-corrected chi connectivity index (χ1v) is 8.09. The maximum atomic E-state index is 12.4. The summed E-state index contributed by atoms with van der Waals surface area (Å²) < 4.78 is 26.1. The van der Waals surface area contributed by atoms with Crippen molar-refractivity contribution in [2.75, 3.05) is 13.6 Å².